The smallest absolute Gasteiger partial charge is 0.243 e. The molecule has 0 radical (unpaired) electrons. The van der Waals surface area contributed by atoms with Crippen molar-refractivity contribution in [2.75, 3.05) is 24.2 Å². The summed E-state index contributed by atoms with van der Waals surface area (Å²) in [5.74, 6) is -0.719. The summed E-state index contributed by atoms with van der Waals surface area (Å²) in [4.78, 5) is 27.4. The number of aromatic nitrogens is 2. The summed E-state index contributed by atoms with van der Waals surface area (Å²) < 4.78 is 28.1. The van der Waals surface area contributed by atoms with Crippen molar-refractivity contribution in [3.05, 3.63) is 67.3 Å². The van der Waals surface area contributed by atoms with E-state index in [0.29, 0.717) is 11.4 Å². The van der Waals surface area contributed by atoms with Gasteiger partial charge in [0.2, 0.25) is 21.8 Å². The molecule has 10 heteroatoms. The van der Waals surface area contributed by atoms with E-state index in [-0.39, 0.29) is 17.3 Å². The summed E-state index contributed by atoms with van der Waals surface area (Å²) in [6, 6.07) is 12.8. The third-order valence-corrected chi connectivity index (χ3v) is 6.02. The topological polar surface area (TPSA) is 113 Å². The van der Waals surface area contributed by atoms with Gasteiger partial charge in [0.25, 0.3) is 0 Å². The zero-order valence-electron chi connectivity index (χ0n) is 16.4. The van der Waals surface area contributed by atoms with Gasteiger partial charge in [0.05, 0.1) is 17.8 Å². The Labute approximate surface area is 174 Å². The van der Waals surface area contributed by atoms with E-state index in [2.05, 4.69) is 15.6 Å². The molecule has 0 saturated heterocycles. The van der Waals surface area contributed by atoms with Crippen LogP contribution in [0, 0.1) is 0 Å². The normalized spacial score (nSPS) is 11.3. The van der Waals surface area contributed by atoms with Crippen LogP contribution in [0.15, 0.2) is 72.1 Å². The summed E-state index contributed by atoms with van der Waals surface area (Å²) in [7, 11) is -2.53. The van der Waals surface area contributed by atoms with Crippen LogP contribution in [-0.2, 0) is 19.6 Å². The highest BCUT2D eigenvalue weighted by Gasteiger charge is 2.23. The van der Waals surface area contributed by atoms with Gasteiger partial charge in [-0.3, -0.25) is 9.59 Å². The number of anilines is 2. The number of hydrogen-bond acceptors (Lipinski definition) is 5. The van der Waals surface area contributed by atoms with Crippen LogP contribution in [0.5, 0.6) is 0 Å². The number of likely N-dealkylation sites (N-methyl/N-ethyl adjacent to an activating group) is 1. The van der Waals surface area contributed by atoms with Gasteiger partial charge in [-0.15, -0.1) is 0 Å². The summed E-state index contributed by atoms with van der Waals surface area (Å²) in [6.07, 6.45) is 5.13. The SMILES string of the molecule is CC(=O)Nc1ccc(S(=O)(=O)N(C)CC(=O)Nc2ccc(-n3ccnc3)cc2)cc1. The van der Waals surface area contributed by atoms with E-state index in [1.807, 2.05) is 16.7 Å². The second-order valence-electron chi connectivity index (χ2n) is 6.53. The van der Waals surface area contributed by atoms with Crippen LogP contribution in [0.1, 0.15) is 6.92 Å². The van der Waals surface area contributed by atoms with Crippen LogP contribution in [0.2, 0.25) is 0 Å². The first-order valence-electron chi connectivity index (χ1n) is 8.98. The molecule has 2 N–H and O–H groups in total. The van der Waals surface area contributed by atoms with Gasteiger partial charge >= 0.3 is 0 Å². The molecule has 0 saturated carbocycles. The molecule has 0 aliphatic heterocycles. The molecule has 0 aliphatic carbocycles. The fraction of sp³-hybridized carbons (Fsp3) is 0.150. The van der Waals surface area contributed by atoms with E-state index in [4.69, 9.17) is 0 Å². The minimum absolute atomic E-state index is 0.0246. The Morgan fingerprint density at radius 1 is 1.00 bits per heavy atom. The molecule has 0 unspecified atom stereocenters. The number of nitrogens with zero attached hydrogens (tertiary/aromatic N) is 3. The Bertz CT molecular complexity index is 1120. The van der Waals surface area contributed by atoms with Crippen molar-refractivity contribution in [3.63, 3.8) is 0 Å². The summed E-state index contributed by atoms with van der Waals surface area (Å²) in [5, 5.41) is 5.25. The second-order valence-corrected chi connectivity index (χ2v) is 8.58. The molecule has 1 heterocycles. The second kappa shape index (κ2) is 8.89. The van der Waals surface area contributed by atoms with Gasteiger partial charge in [-0.1, -0.05) is 0 Å². The van der Waals surface area contributed by atoms with Crippen molar-refractivity contribution in [1.29, 1.82) is 0 Å². The molecule has 3 rings (SSSR count). The van der Waals surface area contributed by atoms with Crippen LogP contribution in [-0.4, -0.2) is 47.7 Å². The van der Waals surface area contributed by atoms with Gasteiger partial charge in [0.15, 0.2) is 0 Å². The number of hydrogen-bond donors (Lipinski definition) is 2. The zero-order valence-corrected chi connectivity index (χ0v) is 17.3. The zero-order chi connectivity index (χ0) is 21.7. The number of carbonyl (C=O) groups is 2. The van der Waals surface area contributed by atoms with Gasteiger partial charge in [-0.25, -0.2) is 13.4 Å². The number of benzene rings is 2. The highest BCUT2D eigenvalue weighted by Crippen LogP contribution is 2.18. The lowest BCUT2D eigenvalue weighted by molar-refractivity contribution is -0.116. The Hall–Kier alpha value is -3.50. The molecule has 0 atom stereocenters. The maximum Gasteiger partial charge on any atom is 0.243 e. The predicted octanol–water partition coefficient (Wildman–Crippen LogP) is 2.09. The van der Waals surface area contributed by atoms with E-state index in [9.17, 15) is 18.0 Å². The van der Waals surface area contributed by atoms with E-state index < -0.39 is 15.9 Å². The first-order valence-corrected chi connectivity index (χ1v) is 10.4. The van der Waals surface area contributed by atoms with Crippen LogP contribution < -0.4 is 10.6 Å². The van der Waals surface area contributed by atoms with Crippen molar-refractivity contribution in [1.82, 2.24) is 13.9 Å². The average Bonchev–Trinajstić information content (AvgIpc) is 3.23. The standard InChI is InChI=1S/C20H21N5O4S/c1-15(26)22-16-5-9-19(10-6-16)30(28,29)24(2)13-20(27)23-17-3-7-18(8-4-17)25-12-11-21-14-25/h3-12,14H,13H2,1-2H3,(H,22,26)(H,23,27). The van der Waals surface area contributed by atoms with Crippen molar-refractivity contribution in [2.24, 2.45) is 0 Å². The highest BCUT2D eigenvalue weighted by atomic mass is 32.2. The highest BCUT2D eigenvalue weighted by molar-refractivity contribution is 7.89. The molecule has 2 amide bonds. The molecule has 1 aromatic heterocycles. The minimum Gasteiger partial charge on any atom is -0.326 e. The minimum atomic E-state index is -3.86. The lowest BCUT2D eigenvalue weighted by Crippen LogP contribution is -2.34. The Kier molecular flexibility index (Phi) is 6.28. The molecule has 0 bridgehead atoms. The third-order valence-electron chi connectivity index (χ3n) is 4.20. The lowest BCUT2D eigenvalue weighted by Gasteiger charge is -2.17. The van der Waals surface area contributed by atoms with E-state index in [0.717, 1.165) is 9.99 Å². The third kappa shape index (κ3) is 5.10. The van der Waals surface area contributed by atoms with Gasteiger partial charge in [0, 0.05) is 43.4 Å². The molecule has 3 aromatic rings. The Morgan fingerprint density at radius 3 is 2.17 bits per heavy atom. The van der Waals surface area contributed by atoms with E-state index >= 15 is 0 Å². The summed E-state index contributed by atoms with van der Waals surface area (Å²) >= 11 is 0. The van der Waals surface area contributed by atoms with E-state index in [1.54, 1.807) is 30.9 Å². The van der Waals surface area contributed by atoms with Crippen molar-refractivity contribution in [3.8, 4) is 5.69 Å². The first kappa shape index (κ1) is 21.2. The first-order chi connectivity index (χ1) is 14.3. The molecule has 9 nitrogen and oxygen atoms in total. The van der Waals surface area contributed by atoms with Gasteiger partial charge in [-0.05, 0) is 48.5 Å². The van der Waals surface area contributed by atoms with Gasteiger partial charge < -0.3 is 15.2 Å². The number of sulfonamides is 1. The Balaban J connectivity index is 1.62. The predicted molar refractivity (Wildman–Crippen MR) is 113 cm³/mol. The molecule has 156 valence electrons. The number of carbonyl (C=O) groups excluding carboxylic acids is 2. The van der Waals surface area contributed by atoms with Gasteiger partial charge in [-0.2, -0.15) is 4.31 Å². The molecule has 2 aromatic carbocycles. The fourth-order valence-electron chi connectivity index (χ4n) is 2.71. The maximum atomic E-state index is 12.7. The van der Waals surface area contributed by atoms with Crippen molar-refractivity contribution in [2.45, 2.75) is 11.8 Å². The number of rotatable bonds is 7. The monoisotopic (exact) mass is 427 g/mol. The Morgan fingerprint density at radius 2 is 1.60 bits per heavy atom. The molecular weight excluding hydrogens is 406 g/mol. The number of imidazole rings is 1. The van der Waals surface area contributed by atoms with Crippen LogP contribution in [0.4, 0.5) is 11.4 Å². The summed E-state index contributed by atoms with van der Waals surface area (Å²) in [6.45, 7) is 1.02. The maximum absolute atomic E-state index is 12.7. The lowest BCUT2D eigenvalue weighted by atomic mass is 10.2. The molecular formula is C20H21N5O4S. The number of nitrogens with one attached hydrogen (secondary N) is 2. The fourth-order valence-corrected chi connectivity index (χ4v) is 3.84. The van der Waals surface area contributed by atoms with Crippen molar-refractivity contribution >= 4 is 33.2 Å². The molecule has 0 fully saturated rings. The quantitative estimate of drug-likeness (QED) is 0.599. The summed E-state index contributed by atoms with van der Waals surface area (Å²) in [5.41, 5.74) is 1.92. The molecule has 30 heavy (non-hydrogen) atoms. The van der Waals surface area contributed by atoms with Crippen LogP contribution in [0.3, 0.4) is 0 Å². The molecule has 0 spiro atoms. The largest absolute Gasteiger partial charge is 0.326 e. The van der Waals surface area contributed by atoms with Gasteiger partial charge in [0.1, 0.15) is 0 Å². The number of amides is 2. The molecule has 0 aliphatic rings. The van der Waals surface area contributed by atoms with Crippen molar-refractivity contribution < 1.29 is 18.0 Å². The van der Waals surface area contributed by atoms with E-state index in [1.165, 1.54) is 38.2 Å². The average molecular weight is 427 g/mol. The van der Waals surface area contributed by atoms with Crippen LogP contribution in [0.25, 0.3) is 5.69 Å². The van der Waals surface area contributed by atoms with Crippen LogP contribution >= 0.6 is 0 Å².